The molecule has 0 bridgehead atoms. The molecule has 0 aliphatic carbocycles. The number of amides is 1. The van der Waals surface area contributed by atoms with Gasteiger partial charge in [0.1, 0.15) is 5.82 Å². The average molecular weight is 319 g/mol. The second-order valence-corrected chi connectivity index (χ2v) is 5.81. The van der Waals surface area contributed by atoms with Gasteiger partial charge in [-0.3, -0.25) is 4.79 Å². The molecular weight excluding hydrogens is 302 g/mol. The van der Waals surface area contributed by atoms with Gasteiger partial charge in [-0.05, 0) is 49.2 Å². The summed E-state index contributed by atoms with van der Waals surface area (Å²) in [5.74, 6) is 0.828. The fourth-order valence-corrected chi connectivity index (χ4v) is 2.84. The summed E-state index contributed by atoms with van der Waals surface area (Å²) in [5, 5.41) is 2.96. The molecule has 2 heterocycles. The van der Waals surface area contributed by atoms with Gasteiger partial charge in [0.15, 0.2) is 0 Å². The van der Waals surface area contributed by atoms with Crippen molar-refractivity contribution in [3.05, 3.63) is 59.7 Å². The van der Waals surface area contributed by atoms with Crippen LogP contribution in [0.3, 0.4) is 0 Å². The van der Waals surface area contributed by atoms with E-state index in [0.29, 0.717) is 12.1 Å². The molecule has 2 aromatic carbocycles. The number of nitrogens with one attached hydrogen (secondary N) is 3. The number of H-pyrrole nitrogens is 2. The summed E-state index contributed by atoms with van der Waals surface area (Å²) >= 11 is 0. The van der Waals surface area contributed by atoms with Crippen LogP contribution in [-0.2, 0) is 6.42 Å². The lowest BCUT2D eigenvalue weighted by Crippen LogP contribution is -2.25. The molecule has 2 aromatic heterocycles. The van der Waals surface area contributed by atoms with Crippen LogP contribution < -0.4 is 5.32 Å². The van der Waals surface area contributed by atoms with Gasteiger partial charge in [-0.25, -0.2) is 9.97 Å². The molecule has 6 nitrogen and oxygen atoms in total. The molecule has 0 saturated carbocycles. The number of imidazole rings is 2. The second-order valence-electron chi connectivity index (χ2n) is 5.81. The summed E-state index contributed by atoms with van der Waals surface area (Å²) in [6, 6.07) is 11.6. The molecule has 0 fully saturated rings. The highest BCUT2D eigenvalue weighted by Crippen LogP contribution is 2.14. The fourth-order valence-electron chi connectivity index (χ4n) is 2.84. The Morgan fingerprint density at radius 2 is 2.00 bits per heavy atom. The molecule has 4 rings (SSSR count). The number of hydrogen-bond donors (Lipinski definition) is 3. The van der Waals surface area contributed by atoms with Gasteiger partial charge in [0, 0.05) is 12.1 Å². The third kappa shape index (κ3) is 2.74. The average Bonchev–Trinajstić information content (AvgIpc) is 3.18. The molecule has 1 amide bonds. The quantitative estimate of drug-likeness (QED) is 0.540. The molecule has 0 unspecified atom stereocenters. The van der Waals surface area contributed by atoms with Crippen LogP contribution in [-0.4, -0.2) is 32.4 Å². The molecule has 4 aromatic rings. The number of aromatic nitrogens is 4. The SMILES string of the molecule is Cc1nc2ccc(CCNC(=O)c3ccc4nc[nH]c4c3)cc2[nH]1. The Balaban J connectivity index is 1.40. The zero-order chi connectivity index (χ0) is 16.5. The van der Waals surface area contributed by atoms with E-state index < -0.39 is 0 Å². The van der Waals surface area contributed by atoms with Crippen molar-refractivity contribution in [2.24, 2.45) is 0 Å². The highest BCUT2D eigenvalue weighted by molar-refractivity contribution is 5.97. The molecular formula is C18H17N5O. The first-order chi connectivity index (χ1) is 11.7. The minimum Gasteiger partial charge on any atom is -0.352 e. The van der Waals surface area contributed by atoms with E-state index in [1.807, 2.05) is 31.2 Å². The van der Waals surface area contributed by atoms with Crippen LogP contribution in [0.1, 0.15) is 21.7 Å². The van der Waals surface area contributed by atoms with E-state index in [2.05, 4.69) is 31.3 Å². The van der Waals surface area contributed by atoms with Gasteiger partial charge in [-0.2, -0.15) is 0 Å². The molecule has 0 atom stereocenters. The van der Waals surface area contributed by atoms with Crippen LogP contribution in [0.4, 0.5) is 0 Å². The van der Waals surface area contributed by atoms with E-state index in [1.54, 1.807) is 12.4 Å². The van der Waals surface area contributed by atoms with Crippen molar-refractivity contribution in [2.45, 2.75) is 13.3 Å². The largest absolute Gasteiger partial charge is 0.352 e. The van der Waals surface area contributed by atoms with Crippen LogP contribution in [0, 0.1) is 6.92 Å². The number of nitrogens with zero attached hydrogens (tertiary/aromatic N) is 2. The first-order valence-electron chi connectivity index (χ1n) is 7.85. The number of benzene rings is 2. The topological polar surface area (TPSA) is 86.5 Å². The third-order valence-corrected chi connectivity index (χ3v) is 4.05. The molecule has 0 radical (unpaired) electrons. The summed E-state index contributed by atoms with van der Waals surface area (Å²) in [5.41, 5.74) is 5.51. The van der Waals surface area contributed by atoms with Crippen molar-refractivity contribution in [3.63, 3.8) is 0 Å². The summed E-state index contributed by atoms with van der Waals surface area (Å²) in [6.45, 7) is 2.52. The maximum atomic E-state index is 12.3. The highest BCUT2D eigenvalue weighted by Gasteiger charge is 2.07. The van der Waals surface area contributed by atoms with Gasteiger partial charge in [-0.1, -0.05) is 6.07 Å². The molecule has 0 spiro atoms. The number of carbonyl (C=O) groups excluding carboxylic acids is 1. The molecule has 24 heavy (non-hydrogen) atoms. The minimum atomic E-state index is -0.0787. The summed E-state index contributed by atoms with van der Waals surface area (Å²) in [6.07, 6.45) is 2.39. The molecule has 0 aliphatic rings. The Morgan fingerprint density at radius 1 is 1.12 bits per heavy atom. The van der Waals surface area contributed by atoms with E-state index in [0.717, 1.165) is 39.9 Å². The van der Waals surface area contributed by atoms with Gasteiger partial charge < -0.3 is 15.3 Å². The maximum absolute atomic E-state index is 12.3. The second kappa shape index (κ2) is 5.81. The summed E-state index contributed by atoms with van der Waals surface area (Å²) < 4.78 is 0. The normalized spacial score (nSPS) is 11.2. The minimum absolute atomic E-state index is 0.0787. The highest BCUT2D eigenvalue weighted by atomic mass is 16.1. The number of hydrogen-bond acceptors (Lipinski definition) is 3. The van der Waals surface area contributed by atoms with E-state index in [9.17, 15) is 4.79 Å². The lowest BCUT2D eigenvalue weighted by atomic mass is 10.1. The fraction of sp³-hybridized carbons (Fsp3) is 0.167. The zero-order valence-electron chi connectivity index (χ0n) is 13.3. The van der Waals surface area contributed by atoms with Crippen LogP contribution >= 0.6 is 0 Å². The molecule has 0 aliphatic heterocycles. The predicted octanol–water partition coefficient (Wildman–Crippen LogP) is 2.72. The number of carbonyl (C=O) groups is 1. The third-order valence-electron chi connectivity index (χ3n) is 4.05. The number of aromatic amines is 2. The van der Waals surface area contributed by atoms with Crippen molar-refractivity contribution >= 4 is 28.0 Å². The number of aryl methyl sites for hydroxylation is 1. The predicted molar refractivity (Wildman–Crippen MR) is 93.0 cm³/mol. The van der Waals surface area contributed by atoms with Gasteiger partial charge >= 0.3 is 0 Å². The maximum Gasteiger partial charge on any atom is 0.251 e. The Kier molecular flexibility index (Phi) is 3.49. The van der Waals surface area contributed by atoms with Crippen LogP contribution in [0.25, 0.3) is 22.1 Å². The van der Waals surface area contributed by atoms with Gasteiger partial charge in [0.2, 0.25) is 0 Å². The lowest BCUT2D eigenvalue weighted by molar-refractivity contribution is 0.0954. The van der Waals surface area contributed by atoms with Gasteiger partial charge in [0.25, 0.3) is 5.91 Å². The zero-order valence-corrected chi connectivity index (χ0v) is 13.3. The standard InChI is InChI=1S/C18H17N5O/c1-11-22-15-4-2-12(8-17(15)23-11)6-7-19-18(24)13-3-5-14-16(9-13)21-10-20-14/h2-5,8-10H,6-7H2,1H3,(H,19,24)(H,20,21)(H,22,23). The van der Waals surface area contributed by atoms with Crippen LogP contribution in [0.2, 0.25) is 0 Å². The van der Waals surface area contributed by atoms with Crippen molar-refractivity contribution in [3.8, 4) is 0 Å². The Labute approximate surface area is 138 Å². The Morgan fingerprint density at radius 3 is 2.92 bits per heavy atom. The Hall–Kier alpha value is -3.15. The van der Waals surface area contributed by atoms with Crippen molar-refractivity contribution < 1.29 is 4.79 Å². The Bertz CT molecular complexity index is 1030. The van der Waals surface area contributed by atoms with E-state index >= 15 is 0 Å². The molecule has 120 valence electrons. The van der Waals surface area contributed by atoms with Crippen molar-refractivity contribution in [1.29, 1.82) is 0 Å². The summed E-state index contributed by atoms with van der Waals surface area (Å²) in [7, 11) is 0. The van der Waals surface area contributed by atoms with Crippen LogP contribution in [0.5, 0.6) is 0 Å². The van der Waals surface area contributed by atoms with Crippen molar-refractivity contribution in [1.82, 2.24) is 25.3 Å². The smallest absolute Gasteiger partial charge is 0.251 e. The van der Waals surface area contributed by atoms with E-state index in [1.165, 1.54) is 0 Å². The van der Waals surface area contributed by atoms with E-state index in [4.69, 9.17) is 0 Å². The number of rotatable bonds is 4. The number of fused-ring (bicyclic) bond motifs is 2. The monoisotopic (exact) mass is 319 g/mol. The van der Waals surface area contributed by atoms with Crippen LogP contribution in [0.15, 0.2) is 42.7 Å². The first-order valence-corrected chi connectivity index (χ1v) is 7.85. The molecule has 0 saturated heterocycles. The van der Waals surface area contributed by atoms with Gasteiger partial charge in [0.05, 0.1) is 28.4 Å². The summed E-state index contributed by atoms with van der Waals surface area (Å²) in [4.78, 5) is 27.0. The lowest BCUT2D eigenvalue weighted by Gasteiger charge is -2.06. The molecule has 3 N–H and O–H groups in total. The first kappa shape index (κ1) is 14.4. The van der Waals surface area contributed by atoms with Crippen molar-refractivity contribution in [2.75, 3.05) is 6.54 Å². The van der Waals surface area contributed by atoms with Gasteiger partial charge in [-0.15, -0.1) is 0 Å². The van der Waals surface area contributed by atoms with E-state index in [-0.39, 0.29) is 5.91 Å². The molecule has 6 heteroatoms.